The number of rotatable bonds is 6. The standard InChI is InChI=1S/C18H21ClN6O3S/c1-4-13(26)22-17-21-12(9-29-17)15(27)25-7-5-6-18(2,10-25)24-16-20-8-11(19)14(23-16)28-3/h4,8-9H,1,5-7,10H2,2-3H3,(H,20,23,24)(H,21,22,26)/t18-/m1/s1. The van der Waals surface area contributed by atoms with E-state index in [1.807, 2.05) is 6.92 Å². The molecule has 0 aromatic carbocycles. The number of nitrogens with one attached hydrogen (secondary N) is 2. The molecule has 1 fully saturated rings. The summed E-state index contributed by atoms with van der Waals surface area (Å²) in [5, 5.41) is 8.17. The molecular weight excluding hydrogens is 416 g/mol. The number of carbonyl (C=O) groups is 2. The van der Waals surface area contributed by atoms with Gasteiger partial charge in [0, 0.05) is 18.5 Å². The van der Waals surface area contributed by atoms with Gasteiger partial charge in [0.1, 0.15) is 10.7 Å². The molecule has 154 valence electrons. The number of amides is 2. The average molecular weight is 437 g/mol. The first-order valence-corrected chi connectivity index (χ1v) is 10.1. The van der Waals surface area contributed by atoms with Gasteiger partial charge in [-0.15, -0.1) is 11.3 Å². The first-order chi connectivity index (χ1) is 13.8. The molecule has 2 aromatic heterocycles. The number of nitrogens with zero attached hydrogens (tertiary/aromatic N) is 4. The van der Waals surface area contributed by atoms with Crippen molar-refractivity contribution < 1.29 is 14.3 Å². The highest BCUT2D eigenvalue weighted by Gasteiger charge is 2.35. The van der Waals surface area contributed by atoms with Crippen molar-refractivity contribution in [3.8, 4) is 5.88 Å². The summed E-state index contributed by atoms with van der Waals surface area (Å²) >= 11 is 7.17. The molecule has 1 saturated heterocycles. The van der Waals surface area contributed by atoms with Crippen LogP contribution in [-0.4, -0.2) is 57.4 Å². The maximum absolute atomic E-state index is 12.9. The van der Waals surface area contributed by atoms with Crippen LogP contribution in [0, 0.1) is 0 Å². The maximum atomic E-state index is 12.9. The summed E-state index contributed by atoms with van der Waals surface area (Å²) in [7, 11) is 1.49. The van der Waals surface area contributed by atoms with E-state index in [4.69, 9.17) is 16.3 Å². The quantitative estimate of drug-likeness (QED) is 0.670. The Kier molecular flexibility index (Phi) is 6.33. The minimum Gasteiger partial charge on any atom is -0.480 e. The van der Waals surface area contributed by atoms with Crippen LogP contribution in [-0.2, 0) is 4.79 Å². The first kappa shape index (κ1) is 21.0. The zero-order valence-electron chi connectivity index (χ0n) is 16.1. The lowest BCUT2D eigenvalue weighted by molar-refractivity contribution is -0.111. The predicted octanol–water partition coefficient (Wildman–Crippen LogP) is 2.83. The summed E-state index contributed by atoms with van der Waals surface area (Å²) in [6.45, 7) is 6.47. The molecule has 1 aliphatic heterocycles. The molecule has 2 aromatic rings. The number of aromatic nitrogens is 3. The molecule has 0 spiro atoms. The lowest BCUT2D eigenvalue weighted by Crippen LogP contribution is -2.53. The molecule has 0 bridgehead atoms. The van der Waals surface area contributed by atoms with Gasteiger partial charge in [0.05, 0.1) is 18.8 Å². The lowest BCUT2D eigenvalue weighted by atomic mass is 9.91. The van der Waals surface area contributed by atoms with Crippen LogP contribution in [0.3, 0.4) is 0 Å². The second kappa shape index (κ2) is 8.75. The van der Waals surface area contributed by atoms with Gasteiger partial charge in [-0.1, -0.05) is 18.2 Å². The van der Waals surface area contributed by atoms with Gasteiger partial charge in [0.15, 0.2) is 5.13 Å². The number of piperidine rings is 1. The lowest BCUT2D eigenvalue weighted by Gasteiger charge is -2.40. The van der Waals surface area contributed by atoms with Crippen LogP contribution in [0.2, 0.25) is 5.02 Å². The topological polar surface area (TPSA) is 109 Å². The number of ether oxygens (including phenoxy) is 1. The highest BCUT2D eigenvalue weighted by atomic mass is 35.5. The predicted molar refractivity (Wildman–Crippen MR) is 112 cm³/mol. The minimum atomic E-state index is -0.428. The third-order valence-corrected chi connectivity index (χ3v) is 5.46. The second-order valence-electron chi connectivity index (χ2n) is 6.80. The summed E-state index contributed by atoms with van der Waals surface area (Å²) in [5.41, 5.74) is -0.133. The van der Waals surface area contributed by atoms with Crippen molar-refractivity contribution in [3.63, 3.8) is 0 Å². The van der Waals surface area contributed by atoms with Crippen molar-refractivity contribution in [3.05, 3.63) is 34.9 Å². The maximum Gasteiger partial charge on any atom is 0.273 e. The average Bonchev–Trinajstić information content (AvgIpc) is 3.16. The van der Waals surface area contributed by atoms with Crippen LogP contribution in [0.15, 0.2) is 24.2 Å². The van der Waals surface area contributed by atoms with Gasteiger partial charge in [0.2, 0.25) is 17.7 Å². The molecular formula is C18H21ClN6O3S. The summed E-state index contributed by atoms with van der Waals surface area (Å²) in [5.74, 6) is 0.105. The summed E-state index contributed by atoms with van der Waals surface area (Å²) in [4.78, 5) is 38.7. The number of hydrogen-bond acceptors (Lipinski definition) is 8. The fourth-order valence-electron chi connectivity index (χ4n) is 3.09. The molecule has 9 nitrogen and oxygen atoms in total. The number of halogens is 1. The van der Waals surface area contributed by atoms with Crippen molar-refractivity contribution in [2.75, 3.05) is 30.8 Å². The zero-order chi connectivity index (χ0) is 21.0. The Morgan fingerprint density at radius 2 is 2.24 bits per heavy atom. The monoisotopic (exact) mass is 436 g/mol. The van der Waals surface area contributed by atoms with E-state index in [1.54, 1.807) is 10.3 Å². The van der Waals surface area contributed by atoms with E-state index in [0.717, 1.165) is 18.9 Å². The number of thiazole rings is 1. The van der Waals surface area contributed by atoms with E-state index in [1.165, 1.54) is 24.6 Å². The Morgan fingerprint density at radius 1 is 1.45 bits per heavy atom. The number of anilines is 2. The van der Waals surface area contributed by atoms with E-state index < -0.39 is 5.54 Å². The summed E-state index contributed by atoms with van der Waals surface area (Å²) < 4.78 is 5.13. The van der Waals surface area contributed by atoms with Crippen LogP contribution in [0.5, 0.6) is 5.88 Å². The molecule has 3 heterocycles. The summed E-state index contributed by atoms with van der Waals surface area (Å²) in [6.07, 6.45) is 4.27. The smallest absolute Gasteiger partial charge is 0.273 e. The SMILES string of the molecule is C=CC(=O)Nc1nc(C(=O)N2CCC[C@@](C)(Nc3ncc(Cl)c(OC)n3)C2)cs1. The third-order valence-electron chi connectivity index (χ3n) is 4.44. The number of hydrogen-bond donors (Lipinski definition) is 2. The van der Waals surface area contributed by atoms with Crippen molar-refractivity contribution in [1.29, 1.82) is 0 Å². The third kappa shape index (κ3) is 5.01. The minimum absolute atomic E-state index is 0.192. The Labute approximate surface area is 177 Å². The molecule has 0 radical (unpaired) electrons. The zero-order valence-corrected chi connectivity index (χ0v) is 17.6. The molecule has 11 heteroatoms. The van der Waals surface area contributed by atoms with Gasteiger partial charge in [0.25, 0.3) is 5.91 Å². The van der Waals surface area contributed by atoms with Gasteiger partial charge in [-0.05, 0) is 25.8 Å². The van der Waals surface area contributed by atoms with E-state index >= 15 is 0 Å². The molecule has 1 atom stereocenters. The van der Waals surface area contributed by atoms with Gasteiger partial charge >= 0.3 is 0 Å². The van der Waals surface area contributed by atoms with Crippen LogP contribution < -0.4 is 15.4 Å². The van der Waals surface area contributed by atoms with Gasteiger partial charge in [-0.25, -0.2) is 9.97 Å². The Morgan fingerprint density at radius 3 is 2.97 bits per heavy atom. The first-order valence-electron chi connectivity index (χ1n) is 8.86. The van der Waals surface area contributed by atoms with Gasteiger partial charge in [-0.3, -0.25) is 14.9 Å². The molecule has 1 aliphatic rings. The Hall–Kier alpha value is -2.72. The largest absolute Gasteiger partial charge is 0.480 e. The molecule has 0 aliphatic carbocycles. The highest BCUT2D eigenvalue weighted by Crippen LogP contribution is 2.28. The normalized spacial score (nSPS) is 18.8. The van der Waals surface area contributed by atoms with Crippen LogP contribution >= 0.6 is 22.9 Å². The molecule has 0 unspecified atom stereocenters. The fourth-order valence-corrected chi connectivity index (χ4v) is 3.94. The molecule has 0 saturated carbocycles. The van der Waals surface area contributed by atoms with Crippen molar-refractivity contribution >= 4 is 45.8 Å². The number of methoxy groups -OCH3 is 1. The van der Waals surface area contributed by atoms with Crippen LogP contribution in [0.25, 0.3) is 0 Å². The van der Waals surface area contributed by atoms with E-state index in [0.29, 0.717) is 34.9 Å². The van der Waals surface area contributed by atoms with Crippen molar-refractivity contribution in [1.82, 2.24) is 19.9 Å². The molecule has 2 amide bonds. The summed E-state index contributed by atoms with van der Waals surface area (Å²) in [6, 6.07) is 0. The molecule has 2 N–H and O–H groups in total. The Balaban J connectivity index is 1.70. The highest BCUT2D eigenvalue weighted by molar-refractivity contribution is 7.14. The van der Waals surface area contributed by atoms with Crippen molar-refractivity contribution in [2.24, 2.45) is 0 Å². The van der Waals surface area contributed by atoms with Gasteiger partial charge < -0.3 is 15.0 Å². The molecule has 29 heavy (non-hydrogen) atoms. The molecule has 3 rings (SSSR count). The number of likely N-dealkylation sites (tertiary alicyclic amines) is 1. The van der Waals surface area contributed by atoms with Crippen LogP contribution in [0.1, 0.15) is 30.3 Å². The Bertz CT molecular complexity index is 936. The fraction of sp³-hybridized carbons (Fsp3) is 0.389. The second-order valence-corrected chi connectivity index (χ2v) is 8.06. The van der Waals surface area contributed by atoms with Gasteiger partial charge in [-0.2, -0.15) is 4.98 Å². The van der Waals surface area contributed by atoms with E-state index in [2.05, 4.69) is 32.2 Å². The van der Waals surface area contributed by atoms with Crippen molar-refractivity contribution in [2.45, 2.75) is 25.3 Å². The van der Waals surface area contributed by atoms with E-state index in [-0.39, 0.29) is 17.7 Å². The van der Waals surface area contributed by atoms with Crippen LogP contribution in [0.4, 0.5) is 11.1 Å². The number of carbonyl (C=O) groups excluding carboxylic acids is 2. The van der Waals surface area contributed by atoms with E-state index in [9.17, 15) is 9.59 Å².